The van der Waals surface area contributed by atoms with Gasteiger partial charge < -0.3 is 11.1 Å². The molecule has 0 heterocycles. The summed E-state index contributed by atoms with van der Waals surface area (Å²) in [6.45, 7) is 4.25. The molecule has 1 aromatic rings. The molecule has 1 amide bonds. The van der Waals surface area contributed by atoms with Crippen molar-refractivity contribution in [2.75, 3.05) is 6.54 Å². The van der Waals surface area contributed by atoms with E-state index in [1.165, 1.54) is 6.07 Å². The van der Waals surface area contributed by atoms with Crippen molar-refractivity contribution in [3.05, 3.63) is 39.4 Å². The van der Waals surface area contributed by atoms with Crippen molar-refractivity contribution in [3.63, 3.8) is 0 Å². The van der Waals surface area contributed by atoms with E-state index in [0.29, 0.717) is 25.1 Å². The summed E-state index contributed by atoms with van der Waals surface area (Å²) in [5, 5.41) is 13.6. The largest absolute Gasteiger partial charge is 0.352 e. The predicted octanol–water partition coefficient (Wildman–Crippen LogP) is 1.50. The lowest BCUT2D eigenvalue weighted by molar-refractivity contribution is -0.385. The molecule has 6 heteroatoms. The zero-order valence-corrected chi connectivity index (χ0v) is 11.2. The number of carbonyl (C=O) groups is 1. The number of rotatable bonds is 6. The van der Waals surface area contributed by atoms with Gasteiger partial charge in [0.25, 0.3) is 5.69 Å². The number of amides is 1. The van der Waals surface area contributed by atoms with Crippen molar-refractivity contribution in [1.29, 1.82) is 0 Å². The average molecular weight is 265 g/mol. The Morgan fingerprint density at radius 1 is 1.53 bits per heavy atom. The molecule has 104 valence electrons. The molecule has 1 unspecified atom stereocenters. The minimum absolute atomic E-state index is 0.0711. The molecule has 0 radical (unpaired) electrons. The van der Waals surface area contributed by atoms with Gasteiger partial charge in [-0.2, -0.15) is 0 Å². The number of nitro groups is 1. The molecule has 0 fully saturated rings. The number of hydrogen-bond acceptors (Lipinski definition) is 4. The van der Waals surface area contributed by atoms with Gasteiger partial charge in [0, 0.05) is 24.1 Å². The van der Waals surface area contributed by atoms with Crippen LogP contribution in [-0.4, -0.2) is 17.4 Å². The Kier molecular flexibility index (Phi) is 5.44. The highest BCUT2D eigenvalue weighted by Crippen LogP contribution is 2.20. The summed E-state index contributed by atoms with van der Waals surface area (Å²) < 4.78 is 0. The molecule has 19 heavy (non-hydrogen) atoms. The van der Waals surface area contributed by atoms with Gasteiger partial charge in [-0.1, -0.05) is 19.1 Å². The van der Waals surface area contributed by atoms with Gasteiger partial charge in [-0.05, 0) is 25.5 Å². The second-order valence-electron chi connectivity index (χ2n) is 4.51. The SMILES string of the molecule is Cc1c(CNC(=O)C(C)CCN)cccc1[N+](=O)[O-]. The predicted molar refractivity (Wildman–Crippen MR) is 72.5 cm³/mol. The van der Waals surface area contributed by atoms with E-state index in [4.69, 9.17) is 5.73 Å². The maximum absolute atomic E-state index is 11.7. The Balaban J connectivity index is 2.71. The standard InChI is InChI=1S/C13H19N3O3/c1-9(6-7-14)13(17)15-8-11-4-3-5-12(10(11)2)16(18)19/h3-5,9H,6-8,14H2,1-2H3,(H,15,17). The lowest BCUT2D eigenvalue weighted by Gasteiger charge is -2.12. The van der Waals surface area contributed by atoms with Crippen LogP contribution in [0.5, 0.6) is 0 Å². The van der Waals surface area contributed by atoms with Crippen molar-refractivity contribution >= 4 is 11.6 Å². The zero-order valence-electron chi connectivity index (χ0n) is 11.2. The van der Waals surface area contributed by atoms with Gasteiger partial charge in [0.15, 0.2) is 0 Å². The molecule has 1 rings (SSSR count). The van der Waals surface area contributed by atoms with E-state index in [1.54, 1.807) is 19.1 Å². The average Bonchev–Trinajstić information content (AvgIpc) is 2.37. The van der Waals surface area contributed by atoms with Crippen LogP contribution in [0.4, 0.5) is 5.69 Å². The zero-order chi connectivity index (χ0) is 14.4. The summed E-state index contributed by atoms with van der Waals surface area (Å²) in [7, 11) is 0. The second-order valence-corrected chi connectivity index (χ2v) is 4.51. The van der Waals surface area contributed by atoms with Gasteiger partial charge in [-0.3, -0.25) is 14.9 Å². The summed E-state index contributed by atoms with van der Waals surface area (Å²) in [6.07, 6.45) is 0.625. The first-order valence-electron chi connectivity index (χ1n) is 6.18. The van der Waals surface area contributed by atoms with Gasteiger partial charge in [-0.15, -0.1) is 0 Å². The molecule has 0 spiro atoms. The fourth-order valence-electron chi connectivity index (χ4n) is 1.80. The minimum Gasteiger partial charge on any atom is -0.352 e. The van der Waals surface area contributed by atoms with E-state index in [-0.39, 0.29) is 17.5 Å². The molecular formula is C13H19N3O3. The summed E-state index contributed by atoms with van der Waals surface area (Å²) in [4.78, 5) is 22.1. The van der Waals surface area contributed by atoms with Gasteiger partial charge in [0.2, 0.25) is 5.91 Å². The molecule has 0 aromatic heterocycles. The summed E-state index contributed by atoms with van der Waals surface area (Å²) in [6, 6.07) is 4.85. The maximum atomic E-state index is 11.7. The normalized spacial score (nSPS) is 11.9. The number of nitrogens with one attached hydrogen (secondary N) is 1. The van der Waals surface area contributed by atoms with Crippen molar-refractivity contribution in [2.45, 2.75) is 26.8 Å². The van der Waals surface area contributed by atoms with Gasteiger partial charge >= 0.3 is 0 Å². The first-order valence-corrected chi connectivity index (χ1v) is 6.18. The number of hydrogen-bond donors (Lipinski definition) is 2. The fourth-order valence-corrected chi connectivity index (χ4v) is 1.80. The van der Waals surface area contributed by atoms with Crippen LogP contribution in [0.3, 0.4) is 0 Å². The highest BCUT2D eigenvalue weighted by Gasteiger charge is 2.15. The molecule has 3 N–H and O–H groups in total. The highest BCUT2D eigenvalue weighted by molar-refractivity contribution is 5.78. The smallest absolute Gasteiger partial charge is 0.272 e. The number of benzene rings is 1. The molecule has 0 saturated heterocycles. The second kappa shape index (κ2) is 6.84. The fraction of sp³-hybridized carbons (Fsp3) is 0.462. The molecule has 0 saturated carbocycles. The third kappa shape index (κ3) is 4.03. The Morgan fingerprint density at radius 3 is 2.79 bits per heavy atom. The first-order chi connectivity index (χ1) is 8.97. The van der Waals surface area contributed by atoms with Crippen LogP contribution in [0.1, 0.15) is 24.5 Å². The minimum atomic E-state index is -0.419. The molecule has 1 atom stereocenters. The van der Waals surface area contributed by atoms with Crippen molar-refractivity contribution < 1.29 is 9.72 Å². The monoisotopic (exact) mass is 265 g/mol. The number of nitrogens with two attached hydrogens (primary N) is 1. The van der Waals surface area contributed by atoms with E-state index < -0.39 is 4.92 Å². The molecule has 6 nitrogen and oxygen atoms in total. The van der Waals surface area contributed by atoms with Crippen LogP contribution in [-0.2, 0) is 11.3 Å². The number of carbonyl (C=O) groups excluding carboxylic acids is 1. The van der Waals surface area contributed by atoms with Crippen LogP contribution in [0.2, 0.25) is 0 Å². The Labute approximate surface area is 112 Å². The van der Waals surface area contributed by atoms with E-state index >= 15 is 0 Å². The van der Waals surface area contributed by atoms with Crippen LogP contribution >= 0.6 is 0 Å². The molecular weight excluding hydrogens is 246 g/mol. The third-order valence-electron chi connectivity index (χ3n) is 3.11. The molecule has 0 aliphatic rings. The Hall–Kier alpha value is -1.95. The topological polar surface area (TPSA) is 98.3 Å². The van der Waals surface area contributed by atoms with E-state index in [9.17, 15) is 14.9 Å². The molecule has 0 aliphatic carbocycles. The van der Waals surface area contributed by atoms with Crippen molar-refractivity contribution in [3.8, 4) is 0 Å². The Morgan fingerprint density at radius 2 is 2.21 bits per heavy atom. The summed E-state index contributed by atoms with van der Waals surface area (Å²) in [5.74, 6) is -0.236. The van der Waals surface area contributed by atoms with Gasteiger partial charge in [0.1, 0.15) is 0 Å². The highest BCUT2D eigenvalue weighted by atomic mass is 16.6. The lowest BCUT2D eigenvalue weighted by atomic mass is 10.1. The van der Waals surface area contributed by atoms with E-state index in [2.05, 4.69) is 5.32 Å². The van der Waals surface area contributed by atoms with Crippen molar-refractivity contribution in [2.24, 2.45) is 11.7 Å². The molecule has 1 aromatic carbocycles. The van der Waals surface area contributed by atoms with Gasteiger partial charge in [-0.25, -0.2) is 0 Å². The third-order valence-corrected chi connectivity index (χ3v) is 3.11. The summed E-state index contributed by atoms with van der Waals surface area (Å²) in [5.41, 5.74) is 6.80. The molecule has 0 bridgehead atoms. The van der Waals surface area contributed by atoms with Crippen molar-refractivity contribution in [1.82, 2.24) is 5.32 Å². The maximum Gasteiger partial charge on any atom is 0.272 e. The van der Waals surface area contributed by atoms with Crippen LogP contribution in [0.25, 0.3) is 0 Å². The molecule has 0 aliphatic heterocycles. The quantitative estimate of drug-likeness (QED) is 0.601. The lowest BCUT2D eigenvalue weighted by Crippen LogP contribution is -2.30. The van der Waals surface area contributed by atoms with Crippen LogP contribution < -0.4 is 11.1 Å². The van der Waals surface area contributed by atoms with Gasteiger partial charge in [0.05, 0.1) is 4.92 Å². The van der Waals surface area contributed by atoms with E-state index in [0.717, 1.165) is 5.56 Å². The number of nitrogens with zero attached hydrogens (tertiary/aromatic N) is 1. The first kappa shape index (κ1) is 15.1. The van der Waals surface area contributed by atoms with E-state index in [1.807, 2.05) is 6.92 Å². The van der Waals surface area contributed by atoms with Crippen LogP contribution in [0, 0.1) is 23.0 Å². The Bertz CT molecular complexity index is 474. The van der Waals surface area contributed by atoms with Crippen LogP contribution in [0.15, 0.2) is 18.2 Å². The number of nitro benzene ring substituents is 1. The summed E-state index contributed by atoms with van der Waals surface area (Å²) >= 11 is 0.